The molecule has 0 fully saturated rings. The van der Waals surface area contributed by atoms with Crippen molar-refractivity contribution in [1.29, 1.82) is 0 Å². The maximum absolute atomic E-state index is 12.2. The monoisotopic (exact) mass is 366 g/mol. The number of sulfonamides is 1. The van der Waals surface area contributed by atoms with Gasteiger partial charge in [0.1, 0.15) is 6.26 Å². The summed E-state index contributed by atoms with van der Waals surface area (Å²) in [7, 11) is -1.06. The molecule has 0 saturated carbocycles. The van der Waals surface area contributed by atoms with E-state index < -0.39 is 27.8 Å². The van der Waals surface area contributed by atoms with Crippen molar-refractivity contribution in [3.05, 3.63) is 47.7 Å². The molecule has 0 bridgehead atoms. The predicted molar refractivity (Wildman–Crippen MR) is 90.0 cm³/mol. The van der Waals surface area contributed by atoms with Crippen LogP contribution in [0, 0.1) is 0 Å². The van der Waals surface area contributed by atoms with Gasteiger partial charge in [0, 0.05) is 25.8 Å². The molecule has 134 valence electrons. The van der Waals surface area contributed by atoms with Gasteiger partial charge in [0.2, 0.25) is 5.09 Å². The van der Waals surface area contributed by atoms with E-state index in [0.29, 0.717) is 11.3 Å². The van der Waals surface area contributed by atoms with Crippen LogP contribution in [-0.4, -0.2) is 43.8 Å². The summed E-state index contributed by atoms with van der Waals surface area (Å²) in [5, 5.41) is 11.3. The molecule has 1 aromatic carbocycles. The molecule has 0 aliphatic carbocycles. The first-order valence-corrected chi connectivity index (χ1v) is 8.72. The molecule has 0 aliphatic rings. The lowest BCUT2D eigenvalue weighted by Gasteiger charge is -2.09. The van der Waals surface area contributed by atoms with Gasteiger partial charge in [-0.1, -0.05) is 12.1 Å². The number of rotatable bonds is 6. The summed E-state index contributed by atoms with van der Waals surface area (Å²) in [6.07, 6.45) is 1.05. The van der Waals surface area contributed by atoms with Gasteiger partial charge in [-0.2, -0.15) is 0 Å². The maximum Gasteiger partial charge on any atom is 0.310 e. The van der Waals surface area contributed by atoms with E-state index in [1.54, 1.807) is 24.3 Å². The third kappa shape index (κ3) is 4.06. The van der Waals surface area contributed by atoms with E-state index in [1.807, 2.05) is 0 Å². The molecule has 1 heterocycles. The zero-order chi connectivity index (χ0) is 18.8. The van der Waals surface area contributed by atoms with Crippen molar-refractivity contribution in [3.8, 4) is 0 Å². The van der Waals surface area contributed by atoms with Gasteiger partial charge in [-0.15, -0.1) is 0 Å². The summed E-state index contributed by atoms with van der Waals surface area (Å²) in [6, 6.07) is 7.56. The summed E-state index contributed by atoms with van der Waals surface area (Å²) in [6.45, 7) is 1.54. The lowest BCUT2D eigenvalue weighted by Crippen LogP contribution is -2.21. The van der Waals surface area contributed by atoms with Crippen molar-refractivity contribution in [1.82, 2.24) is 4.31 Å². The number of carbonyl (C=O) groups excluding carboxylic acids is 1. The van der Waals surface area contributed by atoms with Gasteiger partial charge in [-0.05, 0) is 24.6 Å². The Morgan fingerprint density at radius 2 is 1.92 bits per heavy atom. The zero-order valence-electron chi connectivity index (χ0n) is 13.9. The highest BCUT2D eigenvalue weighted by atomic mass is 32.2. The molecule has 0 aliphatic heterocycles. The normalized spacial score (nSPS) is 12.8. The topological polar surface area (TPSA) is 117 Å². The van der Waals surface area contributed by atoms with E-state index in [1.165, 1.54) is 21.0 Å². The van der Waals surface area contributed by atoms with Crippen molar-refractivity contribution < 1.29 is 27.5 Å². The Hall–Kier alpha value is -2.65. The second-order valence-electron chi connectivity index (χ2n) is 5.58. The Morgan fingerprint density at radius 3 is 2.52 bits per heavy atom. The Bertz CT molecular complexity index is 901. The van der Waals surface area contributed by atoms with E-state index in [4.69, 9.17) is 9.52 Å². The molecular weight excluding hydrogens is 348 g/mol. The number of nitrogens with zero attached hydrogens (tertiary/aromatic N) is 1. The van der Waals surface area contributed by atoms with Gasteiger partial charge in [-0.25, -0.2) is 12.7 Å². The molecule has 1 aromatic heterocycles. The van der Waals surface area contributed by atoms with Crippen LogP contribution in [0.4, 0.5) is 5.69 Å². The molecule has 2 rings (SSSR count). The van der Waals surface area contributed by atoms with E-state index in [2.05, 4.69) is 5.32 Å². The molecule has 1 unspecified atom stereocenters. The van der Waals surface area contributed by atoms with Gasteiger partial charge in [0.15, 0.2) is 0 Å². The molecule has 2 N–H and O–H groups in total. The van der Waals surface area contributed by atoms with Crippen LogP contribution >= 0.6 is 0 Å². The van der Waals surface area contributed by atoms with Crippen molar-refractivity contribution in [3.63, 3.8) is 0 Å². The molecule has 0 radical (unpaired) electrons. The van der Waals surface area contributed by atoms with Gasteiger partial charge in [-0.3, -0.25) is 9.59 Å². The third-order valence-corrected chi connectivity index (χ3v) is 5.27. The smallest absolute Gasteiger partial charge is 0.310 e. The zero-order valence-corrected chi connectivity index (χ0v) is 14.7. The quantitative estimate of drug-likeness (QED) is 0.807. The molecule has 0 saturated heterocycles. The van der Waals surface area contributed by atoms with Gasteiger partial charge >= 0.3 is 5.97 Å². The lowest BCUT2D eigenvalue weighted by molar-refractivity contribution is -0.138. The first-order valence-electron chi connectivity index (χ1n) is 7.28. The number of amides is 1. The number of carboxylic acid groups (broad SMARTS) is 1. The average molecular weight is 366 g/mol. The molecule has 9 heteroatoms. The van der Waals surface area contributed by atoms with Crippen molar-refractivity contribution >= 4 is 27.6 Å². The minimum absolute atomic E-state index is 0.0390. The third-order valence-electron chi connectivity index (χ3n) is 3.59. The predicted octanol–water partition coefficient (Wildman–Crippen LogP) is 1.97. The summed E-state index contributed by atoms with van der Waals surface area (Å²) in [5.74, 6) is -2.26. The molecule has 1 atom stereocenters. The first kappa shape index (κ1) is 18.7. The number of benzene rings is 1. The molecule has 8 nitrogen and oxygen atoms in total. The lowest BCUT2D eigenvalue weighted by atomic mass is 10.0. The van der Waals surface area contributed by atoms with Gasteiger partial charge in [0.05, 0.1) is 11.5 Å². The Balaban J connectivity index is 2.20. The Morgan fingerprint density at radius 1 is 1.24 bits per heavy atom. The van der Waals surface area contributed by atoms with E-state index in [9.17, 15) is 18.0 Å². The van der Waals surface area contributed by atoms with E-state index in [0.717, 1.165) is 16.6 Å². The first-order chi connectivity index (χ1) is 11.6. The minimum Gasteiger partial charge on any atom is -0.481 e. The van der Waals surface area contributed by atoms with E-state index >= 15 is 0 Å². The summed E-state index contributed by atoms with van der Waals surface area (Å²) in [5.41, 5.74) is 0.972. The standard InChI is InChI=1S/C16H18N2O6S/c1-10(16(20)21)11-5-4-6-13(7-11)17-15(19)12-8-14(24-9-12)25(22,23)18(2)3/h4-10H,1-3H3,(H,17,19)(H,20,21). The minimum atomic E-state index is -3.77. The summed E-state index contributed by atoms with van der Waals surface area (Å²) < 4.78 is 29.9. The van der Waals surface area contributed by atoms with Crippen LogP contribution in [0.5, 0.6) is 0 Å². The number of hydrogen-bond donors (Lipinski definition) is 2. The van der Waals surface area contributed by atoms with Gasteiger partial charge < -0.3 is 14.8 Å². The Labute approximate surface area is 145 Å². The largest absolute Gasteiger partial charge is 0.481 e. The van der Waals surface area contributed by atoms with Crippen molar-refractivity contribution in [2.45, 2.75) is 17.9 Å². The van der Waals surface area contributed by atoms with Crippen LogP contribution in [0.3, 0.4) is 0 Å². The number of furan rings is 1. The number of anilines is 1. The number of nitrogens with one attached hydrogen (secondary N) is 1. The molecule has 25 heavy (non-hydrogen) atoms. The van der Waals surface area contributed by atoms with Crippen molar-refractivity contribution in [2.75, 3.05) is 19.4 Å². The molecule has 1 amide bonds. The number of hydrogen-bond acceptors (Lipinski definition) is 5. The summed E-state index contributed by atoms with van der Waals surface area (Å²) >= 11 is 0. The average Bonchev–Trinajstić information content (AvgIpc) is 3.05. The molecule has 0 spiro atoms. The summed E-state index contributed by atoms with van der Waals surface area (Å²) in [4.78, 5) is 23.3. The number of aliphatic carboxylic acids is 1. The molecule has 2 aromatic rings. The van der Waals surface area contributed by atoms with Crippen LogP contribution in [-0.2, 0) is 14.8 Å². The second kappa shape index (κ2) is 7.08. The number of carboxylic acids is 1. The van der Waals surface area contributed by atoms with Crippen LogP contribution in [0.2, 0.25) is 0 Å². The highest BCUT2D eigenvalue weighted by molar-refractivity contribution is 7.88. The van der Waals surface area contributed by atoms with Crippen LogP contribution in [0.1, 0.15) is 28.8 Å². The Kier molecular flexibility index (Phi) is 5.29. The van der Waals surface area contributed by atoms with E-state index in [-0.39, 0.29) is 10.7 Å². The SMILES string of the molecule is CC(C(=O)O)c1cccc(NC(=O)c2coc(S(=O)(=O)N(C)C)c2)c1. The van der Waals surface area contributed by atoms with Gasteiger partial charge in [0.25, 0.3) is 15.9 Å². The van der Waals surface area contributed by atoms with Crippen LogP contribution < -0.4 is 5.32 Å². The second-order valence-corrected chi connectivity index (χ2v) is 7.66. The van der Waals surface area contributed by atoms with Crippen LogP contribution in [0.25, 0.3) is 0 Å². The maximum atomic E-state index is 12.2. The fourth-order valence-corrected chi connectivity index (χ4v) is 2.79. The van der Waals surface area contributed by atoms with Crippen LogP contribution in [0.15, 0.2) is 46.1 Å². The number of carbonyl (C=O) groups is 2. The van der Waals surface area contributed by atoms with Crippen molar-refractivity contribution in [2.24, 2.45) is 0 Å². The molecular formula is C16H18N2O6S. The fourth-order valence-electron chi connectivity index (χ4n) is 1.98. The highest BCUT2D eigenvalue weighted by Gasteiger charge is 2.23. The fraction of sp³-hybridized carbons (Fsp3) is 0.250. The highest BCUT2D eigenvalue weighted by Crippen LogP contribution is 2.21.